The Morgan fingerprint density at radius 3 is 2.41 bits per heavy atom. The second-order valence-corrected chi connectivity index (χ2v) is 8.29. The van der Waals surface area contributed by atoms with Gasteiger partial charge in [0.25, 0.3) is 0 Å². The summed E-state index contributed by atoms with van der Waals surface area (Å²) < 4.78 is 23.0. The third-order valence-corrected chi connectivity index (χ3v) is 5.95. The number of hydrogen-bond donors (Lipinski definition) is 0. The molecule has 1 aliphatic heterocycles. The highest BCUT2D eigenvalue weighted by Crippen LogP contribution is 2.36. The van der Waals surface area contributed by atoms with Gasteiger partial charge in [0.05, 0.1) is 16.5 Å². The molecule has 2 heterocycles. The maximum absolute atomic E-state index is 13.5. The summed E-state index contributed by atoms with van der Waals surface area (Å²) in [6, 6.07) is 16.0. The van der Waals surface area contributed by atoms with E-state index in [0.717, 1.165) is 11.1 Å². The van der Waals surface area contributed by atoms with Gasteiger partial charge in [0.2, 0.25) is 5.43 Å². The summed E-state index contributed by atoms with van der Waals surface area (Å²) in [6.45, 7) is 6.61. The monoisotopic (exact) mass is 456 g/mol. The number of fused-ring (bicyclic) bond motifs is 2. The topological polar surface area (TPSA) is 75.0 Å². The summed E-state index contributed by atoms with van der Waals surface area (Å²) in [5, 5.41) is 0.433. The predicted octanol–water partition coefficient (Wildman–Crippen LogP) is 5.63. The first-order chi connectivity index (χ1) is 16.4. The molecule has 34 heavy (non-hydrogen) atoms. The first-order valence-corrected chi connectivity index (χ1v) is 11.2. The molecule has 0 N–H and O–H groups in total. The van der Waals surface area contributed by atoms with E-state index in [9.17, 15) is 9.59 Å². The fourth-order valence-corrected chi connectivity index (χ4v) is 4.13. The largest absolute Gasteiger partial charge is 0.486 e. The number of hydrogen-bond acceptors (Lipinski definition) is 6. The Bertz CT molecular complexity index is 1460. The van der Waals surface area contributed by atoms with Crippen LogP contribution in [0.5, 0.6) is 17.2 Å². The van der Waals surface area contributed by atoms with Gasteiger partial charge in [-0.25, -0.2) is 4.79 Å². The van der Waals surface area contributed by atoms with Crippen LogP contribution in [0, 0.1) is 13.8 Å². The third kappa shape index (κ3) is 3.92. The lowest BCUT2D eigenvalue weighted by Gasteiger charge is -2.19. The summed E-state index contributed by atoms with van der Waals surface area (Å²) >= 11 is 0. The fourth-order valence-electron chi connectivity index (χ4n) is 4.13. The second kappa shape index (κ2) is 8.71. The van der Waals surface area contributed by atoms with Crippen LogP contribution in [0.4, 0.5) is 0 Å². The fraction of sp³-hybridized carbons (Fsp3) is 0.214. The minimum atomic E-state index is -0.457. The van der Waals surface area contributed by atoms with E-state index in [4.69, 9.17) is 18.6 Å². The standard InChI is InChI=1S/C28H24O6/c1-4-18-13-21-24(15-23(18)34-28(30)19-7-5-16(2)6-8-19)33-17(3)26(27(21)29)20-9-10-22-25(14-20)32-12-11-31-22/h5-10,13-15H,4,11-12H2,1-3H3. The summed E-state index contributed by atoms with van der Waals surface area (Å²) in [6.07, 6.45) is 0.582. The van der Waals surface area contributed by atoms with Crippen LogP contribution in [-0.2, 0) is 6.42 Å². The van der Waals surface area contributed by atoms with E-state index >= 15 is 0 Å². The van der Waals surface area contributed by atoms with Crippen molar-refractivity contribution in [3.8, 4) is 28.4 Å². The van der Waals surface area contributed by atoms with Crippen LogP contribution in [-0.4, -0.2) is 19.2 Å². The number of ether oxygens (including phenoxy) is 3. The van der Waals surface area contributed by atoms with E-state index in [2.05, 4.69) is 0 Å². The molecule has 0 atom stereocenters. The van der Waals surface area contributed by atoms with Crippen LogP contribution in [0.15, 0.2) is 63.8 Å². The lowest BCUT2D eigenvalue weighted by Crippen LogP contribution is -2.15. The first-order valence-electron chi connectivity index (χ1n) is 11.2. The third-order valence-electron chi connectivity index (χ3n) is 5.95. The van der Waals surface area contributed by atoms with Crippen LogP contribution in [0.2, 0.25) is 0 Å². The average Bonchev–Trinajstić information content (AvgIpc) is 2.84. The van der Waals surface area contributed by atoms with Gasteiger partial charge in [-0.15, -0.1) is 0 Å². The van der Waals surface area contributed by atoms with Crippen LogP contribution >= 0.6 is 0 Å². The van der Waals surface area contributed by atoms with Crippen molar-refractivity contribution in [3.63, 3.8) is 0 Å². The van der Waals surface area contributed by atoms with Crippen molar-refractivity contribution >= 4 is 16.9 Å². The van der Waals surface area contributed by atoms with Crippen molar-refractivity contribution in [2.75, 3.05) is 13.2 Å². The van der Waals surface area contributed by atoms with Gasteiger partial charge >= 0.3 is 5.97 Å². The molecule has 0 amide bonds. The zero-order valence-corrected chi connectivity index (χ0v) is 19.3. The van der Waals surface area contributed by atoms with Gasteiger partial charge in [-0.1, -0.05) is 30.7 Å². The van der Waals surface area contributed by atoms with E-state index in [-0.39, 0.29) is 5.43 Å². The molecule has 0 bridgehead atoms. The maximum Gasteiger partial charge on any atom is 0.343 e. The molecule has 172 valence electrons. The van der Waals surface area contributed by atoms with Gasteiger partial charge in [-0.2, -0.15) is 0 Å². The van der Waals surface area contributed by atoms with Gasteiger partial charge in [-0.05, 0) is 61.7 Å². The number of aryl methyl sites for hydroxylation is 3. The van der Waals surface area contributed by atoms with E-state index in [1.807, 2.05) is 32.0 Å². The molecule has 0 fully saturated rings. The molecule has 0 spiro atoms. The minimum Gasteiger partial charge on any atom is -0.486 e. The van der Waals surface area contributed by atoms with Crippen LogP contribution < -0.4 is 19.6 Å². The summed E-state index contributed by atoms with van der Waals surface area (Å²) in [7, 11) is 0. The highest BCUT2D eigenvalue weighted by molar-refractivity contribution is 5.92. The molecule has 0 unspecified atom stereocenters. The number of benzene rings is 3. The van der Waals surface area contributed by atoms with Crippen molar-refractivity contribution in [3.05, 3.63) is 87.3 Å². The normalized spacial score (nSPS) is 12.6. The predicted molar refractivity (Wildman–Crippen MR) is 129 cm³/mol. The highest BCUT2D eigenvalue weighted by atomic mass is 16.6. The van der Waals surface area contributed by atoms with E-state index in [1.54, 1.807) is 43.3 Å². The molecule has 1 aliphatic rings. The summed E-state index contributed by atoms with van der Waals surface area (Å²) in [5.41, 5.74) is 3.65. The molecular formula is C28H24O6. The molecular weight excluding hydrogens is 432 g/mol. The smallest absolute Gasteiger partial charge is 0.343 e. The van der Waals surface area contributed by atoms with Gasteiger partial charge < -0.3 is 18.6 Å². The van der Waals surface area contributed by atoms with Gasteiger partial charge in [0, 0.05) is 6.07 Å². The van der Waals surface area contributed by atoms with Crippen molar-refractivity contribution in [1.82, 2.24) is 0 Å². The maximum atomic E-state index is 13.5. The summed E-state index contributed by atoms with van der Waals surface area (Å²) in [4.78, 5) is 26.2. The molecule has 4 aromatic rings. The Balaban J connectivity index is 1.57. The van der Waals surface area contributed by atoms with Crippen molar-refractivity contribution < 1.29 is 23.4 Å². The van der Waals surface area contributed by atoms with Gasteiger partial charge in [0.1, 0.15) is 30.3 Å². The average molecular weight is 456 g/mol. The Labute approximate surface area is 196 Å². The van der Waals surface area contributed by atoms with E-state index in [1.165, 1.54) is 0 Å². The summed E-state index contributed by atoms with van der Waals surface area (Å²) in [5.74, 6) is 1.66. The lowest BCUT2D eigenvalue weighted by molar-refractivity contribution is 0.0733. The van der Waals surface area contributed by atoms with Crippen LogP contribution in [0.3, 0.4) is 0 Å². The quantitative estimate of drug-likeness (QED) is 0.293. The van der Waals surface area contributed by atoms with Crippen molar-refractivity contribution in [2.45, 2.75) is 27.2 Å². The number of carbonyl (C=O) groups excluding carboxylic acids is 1. The molecule has 3 aromatic carbocycles. The molecule has 0 radical (unpaired) electrons. The Kier molecular flexibility index (Phi) is 5.57. The second-order valence-electron chi connectivity index (χ2n) is 8.29. The molecule has 6 nitrogen and oxygen atoms in total. The van der Waals surface area contributed by atoms with Crippen molar-refractivity contribution in [2.24, 2.45) is 0 Å². The number of carbonyl (C=O) groups is 1. The van der Waals surface area contributed by atoms with E-state index < -0.39 is 5.97 Å². The lowest BCUT2D eigenvalue weighted by atomic mass is 10.00. The molecule has 0 saturated heterocycles. The SMILES string of the molecule is CCc1cc2c(=O)c(-c3ccc4c(c3)OCCO4)c(C)oc2cc1OC(=O)c1ccc(C)cc1. The number of esters is 1. The molecule has 1 aromatic heterocycles. The van der Waals surface area contributed by atoms with E-state index in [0.29, 0.717) is 70.3 Å². The van der Waals surface area contributed by atoms with Crippen LogP contribution in [0.1, 0.15) is 34.2 Å². The minimum absolute atomic E-state index is 0.151. The Morgan fingerprint density at radius 2 is 1.68 bits per heavy atom. The highest BCUT2D eigenvalue weighted by Gasteiger charge is 2.20. The molecule has 0 saturated carbocycles. The van der Waals surface area contributed by atoms with Crippen molar-refractivity contribution in [1.29, 1.82) is 0 Å². The van der Waals surface area contributed by atoms with Gasteiger partial charge in [-0.3, -0.25) is 4.79 Å². The molecule has 5 rings (SSSR count). The van der Waals surface area contributed by atoms with Gasteiger partial charge in [0.15, 0.2) is 11.5 Å². The Morgan fingerprint density at radius 1 is 0.941 bits per heavy atom. The zero-order valence-electron chi connectivity index (χ0n) is 19.3. The Hall–Kier alpha value is -4.06. The van der Waals surface area contributed by atoms with Crippen LogP contribution in [0.25, 0.3) is 22.1 Å². The first kappa shape index (κ1) is 21.8. The molecule has 6 heteroatoms. The zero-order chi connectivity index (χ0) is 23.8. The number of rotatable bonds is 4. The molecule has 0 aliphatic carbocycles.